The fourth-order valence-corrected chi connectivity index (χ4v) is 2.72. The molecule has 1 fully saturated rings. The molecular formula is C16H21N3. The van der Waals surface area contributed by atoms with E-state index in [1.165, 1.54) is 41.6 Å². The van der Waals surface area contributed by atoms with Crippen LogP contribution >= 0.6 is 0 Å². The Labute approximate surface area is 114 Å². The van der Waals surface area contributed by atoms with Crippen LogP contribution in [0.2, 0.25) is 0 Å². The van der Waals surface area contributed by atoms with Crippen molar-refractivity contribution in [1.29, 1.82) is 0 Å². The predicted molar refractivity (Wildman–Crippen MR) is 79.1 cm³/mol. The molecule has 0 atom stereocenters. The van der Waals surface area contributed by atoms with E-state index in [4.69, 9.17) is 5.73 Å². The Kier molecular flexibility index (Phi) is 2.85. The summed E-state index contributed by atoms with van der Waals surface area (Å²) in [4.78, 5) is 0. The summed E-state index contributed by atoms with van der Waals surface area (Å²) in [5.41, 5.74) is 12.4. The maximum Gasteiger partial charge on any atom is 0.129 e. The summed E-state index contributed by atoms with van der Waals surface area (Å²) in [5, 5.41) is 4.65. The molecule has 1 aromatic carbocycles. The van der Waals surface area contributed by atoms with Crippen molar-refractivity contribution in [2.24, 2.45) is 7.05 Å². The lowest BCUT2D eigenvalue weighted by molar-refractivity contribution is 0.408. The van der Waals surface area contributed by atoms with Gasteiger partial charge < -0.3 is 5.73 Å². The average molecular weight is 255 g/mol. The van der Waals surface area contributed by atoms with Gasteiger partial charge in [-0.25, -0.2) is 0 Å². The molecule has 0 saturated heterocycles. The van der Waals surface area contributed by atoms with E-state index in [-0.39, 0.29) is 0 Å². The third kappa shape index (κ3) is 1.93. The van der Waals surface area contributed by atoms with Crippen LogP contribution < -0.4 is 5.73 Å². The van der Waals surface area contributed by atoms with Crippen molar-refractivity contribution in [3.05, 3.63) is 35.0 Å². The summed E-state index contributed by atoms with van der Waals surface area (Å²) in [6.45, 7) is 4.28. The average Bonchev–Trinajstić information content (AvgIpc) is 2.57. The normalized spacial score (nSPS) is 15.5. The van der Waals surface area contributed by atoms with Crippen molar-refractivity contribution < 1.29 is 0 Å². The lowest BCUT2D eigenvalue weighted by Crippen LogP contribution is -2.10. The van der Waals surface area contributed by atoms with Gasteiger partial charge in [0.1, 0.15) is 5.82 Å². The monoisotopic (exact) mass is 255 g/mol. The molecule has 1 saturated carbocycles. The van der Waals surface area contributed by atoms with Gasteiger partial charge in [-0.05, 0) is 43.4 Å². The number of aromatic nitrogens is 2. The zero-order valence-electron chi connectivity index (χ0n) is 11.9. The molecule has 0 spiro atoms. The first-order chi connectivity index (χ1) is 9.08. The molecule has 0 amide bonds. The summed E-state index contributed by atoms with van der Waals surface area (Å²) < 4.78 is 1.82. The predicted octanol–water partition coefficient (Wildman–Crippen LogP) is 3.55. The Hall–Kier alpha value is -1.77. The zero-order chi connectivity index (χ0) is 13.6. The Morgan fingerprint density at radius 2 is 1.95 bits per heavy atom. The Balaban J connectivity index is 2.14. The second kappa shape index (κ2) is 4.41. The van der Waals surface area contributed by atoms with E-state index in [0.29, 0.717) is 5.92 Å². The van der Waals surface area contributed by atoms with Crippen LogP contribution in [0.1, 0.15) is 42.0 Å². The first kappa shape index (κ1) is 12.3. The minimum atomic E-state index is 0.597. The third-order valence-corrected chi connectivity index (χ3v) is 4.41. The highest BCUT2D eigenvalue weighted by Crippen LogP contribution is 2.42. The number of hydrogen-bond acceptors (Lipinski definition) is 2. The summed E-state index contributed by atoms with van der Waals surface area (Å²) in [6, 6.07) is 6.56. The SMILES string of the molecule is Cc1ccc(-c2c(C3CCC3)nn(C)c2N)cc1C. The molecule has 3 rings (SSSR count). The first-order valence-electron chi connectivity index (χ1n) is 6.98. The van der Waals surface area contributed by atoms with Crippen molar-refractivity contribution in [1.82, 2.24) is 9.78 Å². The number of rotatable bonds is 2. The number of anilines is 1. The van der Waals surface area contributed by atoms with Crippen molar-refractivity contribution in [2.45, 2.75) is 39.0 Å². The molecule has 100 valence electrons. The molecule has 1 aliphatic rings. The van der Waals surface area contributed by atoms with Gasteiger partial charge in [-0.2, -0.15) is 5.10 Å². The molecule has 1 aromatic heterocycles. The van der Waals surface area contributed by atoms with Gasteiger partial charge in [-0.1, -0.05) is 24.6 Å². The van der Waals surface area contributed by atoms with Crippen LogP contribution in [0.25, 0.3) is 11.1 Å². The molecule has 0 bridgehead atoms. The van der Waals surface area contributed by atoms with Crippen molar-refractivity contribution in [2.75, 3.05) is 5.73 Å². The van der Waals surface area contributed by atoms with E-state index in [2.05, 4.69) is 37.1 Å². The second-order valence-corrected chi connectivity index (χ2v) is 5.70. The summed E-state index contributed by atoms with van der Waals surface area (Å²) >= 11 is 0. The largest absolute Gasteiger partial charge is 0.383 e. The zero-order valence-corrected chi connectivity index (χ0v) is 11.9. The number of benzene rings is 1. The first-order valence-corrected chi connectivity index (χ1v) is 6.98. The number of nitrogens with zero attached hydrogens (tertiary/aromatic N) is 2. The van der Waals surface area contributed by atoms with E-state index in [1.807, 2.05) is 11.7 Å². The molecule has 3 heteroatoms. The highest BCUT2D eigenvalue weighted by Gasteiger charge is 2.27. The van der Waals surface area contributed by atoms with Gasteiger partial charge in [0.25, 0.3) is 0 Å². The standard InChI is InChI=1S/C16H21N3/c1-10-7-8-13(9-11(10)2)14-15(12-5-4-6-12)18-19(3)16(14)17/h7-9,12H,4-6,17H2,1-3H3. The summed E-state index contributed by atoms with van der Waals surface area (Å²) in [6.07, 6.45) is 3.80. The number of nitrogen functional groups attached to an aromatic ring is 1. The number of hydrogen-bond donors (Lipinski definition) is 1. The molecule has 0 radical (unpaired) electrons. The van der Waals surface area contributed by atoms with Gasteiger partial charge in [-0.3, -0.25) is 4.68 Å². The maximum absolute atomic E-state index is 6.24. The highest BCUT2D eigenvalue weighted by molar-refractivity contribution is 5.78. The van der Waals surface area contributed by atoms with Crippen LogP contribution in [0, 0.1) is 13.8 Å². The van der Waals surface area contributed by atoms with Crippen LogP contribution in [0.5, 0.6) is 0 Å². The van der Waals surface area contributed by atoms with Crippen LogP contribution in [0.4, 0.5) is 5.82 Å². The van der Waals surface area contributed by atoms with Crippen LogP contribution in [0.15, 0.2) is 18.2 Å². The van der Waals surface area contributed by atoms with Crippen LogP contribution in [-0.2, 0) is 7.05 Å². The number of nitrogens with two attached hydrogens (primary N) is 1. The molecule has 2 aromatic rings. The quantitative estimate of drug-likeness (QED) is 0.891. The minimum Gasteiger partial charge on any atom is -0.383 e. The van der Waals surface area contributed by atoms with E-state index in [9.17, 15) is 0 Å². The molecule has 2 N–H and O–H groups in total. The molecule has 0 aliphatic heterocycles. The van der Waals surface area contributed by atoms with Gasteiger partial charge in [-0.15, -0.1) is 0 Å². The van der Waals surface area contributed by atoms with Gasteiger partial charge in [0.2, 0.25) is 0 Å². The van der Waals surface area contributed by atoms with E-state index >= 15 is 0 Å². The molecule has 1 heterocycles. The lowest BCUT2D eigenvalue weighted by Gasteiger charge is -2.24. The molecule has 19 heavy (non-hydrogen) atoms. The Bertz CT molecular complexity index is 621. The molecular weight excluding hydrogens is 234 g/mol. The van der Waals surface area contributed by atoms with E-state index in [0.717, 1.165) is 11.4 Å². The summed E-state index contributed by atoms with van der Waals surface area (Å²) in [7, 11) is 1.93. The summed E-state index contributed by atoms with van der Waals surface area (Å²) in [5.74, 6) is 1.38. The number of aryl methyl sites for hydroxylation is 3. The smallest absolute Gasteiger partial charge is 0.129 e. The van der Waals surface area contributed by atoms with E-state index < -0.39 is 0 Å². The molecule has 0 unspecified atom stereocenters. The van der Waals surface area contributed by atoms with Crippen molar-refractivity contribution in [3.63, 3.8) is 0 Å². The maximum atomic E-state index is 6.24. The van der Waals surface area contributed by atoms with Gasteiger partial charge in [0, 0.05) is 18.5 Å². The van der Waals surface area contributed by atoms with Crippen molar-refractivity contribution >= 4 is 5.82 Å². The highest BCUT2D eigenvalue weighted by atomic mass is 15.3. The van der Waals surface area contributed by atoms with Crippen LogP contribution in [-0.4, -0.2) is 9.78 Å². The Morgan fingerprint density at radius 3 is 2.53 bits per heavy atom. The third-order valence-electron chi connectivity index (χ3n) is 4.41. The fraction of sp³-hybridized carbons (Fsp3) is 0.438. The second-order valence-electron chi connectivity index (χ2n) is 5.70. The van der Waals surface area contributed by atoms with Crippen molar-refractivity contribution in [3.8, 4) is 11.1 Å². The van der Waals surface area contributed by atoms with Gasteiger partial charge >= 0.3 is 0 Å². The van der Waals surface area contributed by atoms with Gasteiger partial charge in [0.15, 0.2) is 0 Å². The topological polar surface area (TPSA) is 43.8 Å². The minimum absolute atomic E-state index is 0.597. The molecule has 1 aliphatic carbocycles. The lowest BCUT2D eigenvalue weighted by atomic mass is 9.80. The van der Waals surface area contributed by atoms with Gasteiger partial charge in [0.05, 0.1) is 5.69 Å². The molecule has 3 nitrogen and oxygen atoms in total. The Morgan fingerprint density at radius 1 is 1.21 bits per heavy atom. The van der Waals surface area contributed by atoms with Crippen LogP contribution in [0.3, 0.4) is 0 Å². The fourth-order valence-electron chi connectivity index (χ4n) is 2.72. The van der Waals surface area contributed by atoms with E-state index in [1.54, 1.807) is 0 Å².